The number of hydrogen-bond donors (Lipinski definition) is 0. The largest absolute Gasteiger partial charge is 0.377 e. The average molecular weight is 276 g/mol. The van der Waals surface area contributed by atoms with Crippen LogP contribution in [0, 0.1) is 0 Å². The molecule has 0 radical (unpaired) electrons. The second kappa shape index (κ2) is 8.73. The highest BCUT2D eigenvalue weighted by Crippen LogP contribution is 2.17. The molecule has 0 bridgehead atoms. The van der Waals surface area contributed by atoms with Crippen LogP contribution < -0.4 is 0 Å². The fourth-order valence-electron chi connectivity index (χ4n) is 1.54. The molecule has 0 N–H and O–H groups in total. The number of nitrogens with zero attached hydrogens (tertiary/aromatic N) is 1. The van der Waals surface area contributed by atoms with Crippen molar-refractivity contribution in [3.05, 3.63) is 28.0 Å². The number of pyridine rings is 1. The first kappa shape index (κ1) is 14.7. The molecule has 1 rings (SSSR count). The predicted octanol–water partition coefficient (Wildman–Crippen LogP) is 4.88. The summed E-state index contributed by atoms with van der Waals surface area (Å²) in [5.74, 6) is 0. The number of rotatable bonds is 8. The van der Waals surface area contributed by atoms with Gasteiger partial charge in [-0.1, -0.05) is 61.9 Å². The van der Waals surface area contributed by atoms with Gasteiger partial charge < -0.3 is 4.74 Å². The molecule has 1 heterocycles. The van der Waals surface area contributed by atoms with E-state index in [1.54, 1.807) is 6.07 Å². The summed E-state index contributed by atoms with van der Waals surface area (Å²) in [5, 5.41) is 0.849. The summed E-state index contributed by atoms with van der Waals surface area (Å²) in [6.07, 6.45) is 6.22. The van der Waals surface area contributed by atoms with Crippen LogP contribution in [0.1, 0.15) is 44.6 Å². The molecule has 0 aliphatic rings. The van der Waals surface area contributed by atoms with Gasteiger partial charge in [-0.2, -0.15) is 0 Å². The van der Waals surface area contributed by atoms with Crippen molar-refractivity contribution in [3.8, 4) is 0 Å². The monoisotopic (exact) mass is 275 g/mol. The van der Waals surface area contributed by atoms with Crippen LogP contribution >= 0.6 is 23.2 Å². The van der Waals surface area contributed by atoms with Crippen molar-refractivity contribution in [1.29, 1.82) is 0 Å². The summed E-state index contributed by atoms with van der Waals surface area (Å²) >= 11 is 11.6. The second-order valence-electron chi connectivity index (χ2n) is 4.05. The highest BCUT2D eigenvalue weighted by molar-refractivity contribution is 6.32. The Bertz CT molecular complexity index is 331. The maximum atomic E-state index is 5.94. The molecule has 0 amide bonds. The van der Waals surface area contributed by atoms with Crippen LogP contribution in [0.25, 0.3) is 0 Å². The molecule has 17 heavy (non-hydrogen) atoms. The maximum absolute atomic E-state index is 5.94. The van der Waals surface area contributed by atoms with E-state index in [0.29, 0.717) is 16.9 Å². The van der Waals surface area contributed by atoms with Crippen molar-refractivity contribution >= 4 is 23.2 Å². The maximum Gasteiger partial charge on any atom is 0.136 e. The summed E-state index contributed by atoms with van der Waals surface area (Å²) in [6, 6.07) is 3.59. The summed E-state index contributed by atoms with van der Waals surface area (Å²) in [4.78, 5) is 3.96. The van der Waals surface area contributed by atoms with Crippen LogP contribution in [0.5, 0.6) is 0 Å². The van der Waals surface area contributed by atoms with Gasteiger partial charge in [-0.3, -0.25) is 0 Å². The molecule has 0 unspecified atom stereocenters. The molecule has 0 aliphatic heterocycles. The zero-order valence-electron chi connectivity index (χ0n) is 10.2. The van der Waals surface area contributed by atoms with Crippen LogP contribution in [0.15, 0.2) is 12.1 Å². The lowest BCUT2D eigenvalue weighted by Crippen LogP contribution is -1.97. The Morgan fingerprint density at radius 1 is 1.12 bits per heavy atom. The predicted molar refractivity (Wildman–Crippen MR) is 72.7 cm³/mol. The highest BCUT2D eigenvalue weighted by Gasteiger charge is 2.02. The standard InChI is InChI=1S/C13H19Cl2NO/c1-2-3-4-5-6-9-17-10-11-7-8-12(14)16-13(11)15/h7-8H,2-6,9-10H2,1H3. The Morgan fingerprint density at radius 3 is 2.59 bits per heavy atom. The van der Waals surface area contributed by atoms with Crippen molar-refractivity contribution in [2.75, 3.05) is 6.61 Å². The minimum absolute atomic E-state index is 0.415. The third-order valence-electron chi connectivity index (χ3n) is 2.54. The van der Waals surface area contributed by atoms with E-state index in [1.165, 1.54) is 25.7 Å². The fourth-order valence-corrected chi connectivity index (χ4v) is 1.94. The van der Waals surface area contributed by atoms with Crippen LogP contribution in [0.4, 0.5) is 0 Å². The first-order valence-corrected chi connectivity index (χ1v) is 6.88. The van der Waals surface area contributed by atoms with Crippen molar-refractivity contribution in [2.45, 2.75) is 45.6 Å². The molecule has 0 aromatic carbocycles. The Hall–Kier alpha value is -0.310. The average Bonchev–Trinajstić information content (AvgIpc) is 2.30. The zero-order valence-corrected chi connectivity index (χ0v) is 11.7. The Labute approximate surface area is 113 Å². The SMILES string of the molecule is CCCCCCCOCc1ccc(Cl)nc1Cl. The molecule has 1 aromatic rings. The lowest BCUT2D eigenvalue weighted by Gasteiger charge is -2.05. The molecule has 0 atom stereocenters. The third-order valence-corrected chi connectivity index (χ3v) is 3.08. The first-order valence-electron chi connectivity index (χ1n) is 6.12. The number of aromatic nitrogens is 1. The summed E-state index contributed by atoms with van der Waals surface area (Å²) in [7, 11) is 0. The van der Waals surface area contributed by atoms with Crippen LogP contribution in [0.3, 0.4) is 0 Å². The van der Waals surface area contributed by atoms with Gasteiger partial charge in [-0.05, 0) is 12.5 Å². The van der Waals surface area contributed by atoms with E-state index in [1.807, 2.05) is 6.07 Å². The van der Waals surface area contributed by atoms with Gasteiger partial charge in [-0.25, -0.2) is 4.98 Å². The van der Waals surface area contributed by atoms with E-state index < -0.39 is 0 Å². The van der Waals surface area contributed by atoms with Crippen molar-refractivity contribution < 1.29 is 4.74 Å². The number of ether oxygens (including phenoxy) is 1. The van der Waals surface area contributed by atoms with E-state index >= 15 is 0 Å². The normalized spacial score (nSPS) is 10.8. The van der Waals surface area contributed by atoms with Gasteiger partial charge >= 0.3 is 0 Å². The Balaban J connectivity index is 2.14. The van der Waals surface area contributed by atoms with Gasteiger partial charge in [-0.15, -0.1) is 0 Å². The van der Waals surface area contributed by atoms with Gasteiger partial charge in [0.15, 0.2) is 0 Å². The number of halogens is 2. The van der Waals surface area contributed by atoms with Crippen molar-refractivity contribution in [2.24, 2.45) is 0 Å². The molecule has 96 valence electrons. The highest BCUT2D eigenvalue weighted by atomic mass is 35.5. The van der Waals surface area contributed by atoms with Gasteiger partial charge in [0, 0.05) is 12.2 Å². The molecule has 1 aromatic heterocycles. The lowest BCUT2D eigenvalue weighted by atomic mass is 10.2. The molecule has 0 saturated heterocycles. The third kappa shape index (κ3) is 6.25. The molecule has 0 saturated carbocycles. The molecule has 0 spiro atoms. The first-order chi connectivity index (χ1) is 8.24. The quantitative estimate of drug-likeness (QED) is 0.499. The minimum Gasteiger partial charge on any atom is -0.377 e. The molecule has 0 aliphatic carbocycles. The van der Waals surface area contributed by atoms with E-state index in [2.05, 4.69) is 11.9 Å². The van der Waals surface area contributed by atoms with Gasteiger partial charge in [0.25, 0.3) is 0 Å². The summed E-state index contributed by atoms with van der Waals surface area (Å²) in [5.41, 5.74) is 0.893. The van der Waals surface area contributed by atoms with Crippen LogP contribution in [-0.2, 0) is 11.3 Å². The molecular weight excluding hydrogens is 257 g/mol. The molecule has 2 nitrogen and oxygen atoms in total. The fraction of sp³-hybridized carbons (Fsp3) is 0.615. The Kier molecular flexibility index (Phi) is 7.58. The van der Waals surface area contributed by atoms with E-state index in [9.17, 15) is 0 Å². The van der Waals surface area contributed by atoms with E-state index in [-0.39, 0.29) is 0 Å². The summed E-state index contributed by atoms with van der Waals surface area (Å²) < 4.78 is 5.55. The molecule has 0 fully saturated rings. The minimum atomic E-state index is 0.415. The van der Waals surface area contributed by atoms with Crippen molar-refractivity contribution in [3.63, 3.8) is 0 Å². The Morgan fingerprint density at radius 2 is 1.88 bits per heavy atom. The van der Waals surface area contributed by atoms with E-state index in [0.717, 1.165) is 18.6 Å². The molecular formula is C13H19Cl2NO. The molecule has 4 heteroatoms. The lowest BCUT2D eigenvalue weighted by molar-refractivity contribution is 0.116. The van der Waals surface area contributed by atoms with Crippen molar-refractivity contribution in [1.82, 2.24) is 4.98 Å². The zero-order chi connectivity index (χ0) is 12.5. The number of unbranched alkanes of at least 4 members (excludes halogenated alkanes) is 4. The van der Waals surface area contributed by atoms with Gasteiger partial charge in [0.05, 0.1) is 6.61 Å². The second-order valence-corrected chi connectivity index (χ2v) is 4.80. The van der Waals surface area contributed by atoms with Crippen LogP contribution in [-0.4, -0.2) is 11.6 Å². The summed E-state index contributed by atoms with van der Waals surface area (Å²) in [6.45, 7) is 3.51. The topological polar surface area (TPSA) is 22.1 Å². The van der Waals surface area contributed by atoms with Crippen LogP contribution in [0.2, 0.25) is 10.3 Å². The number of hydrogen-bond acceptors (Lipinski definition) is 2. The smallest absolute Gasteiger partial charge is 0.136 e. The van der Waals surface area contributed by atoms with E-state index in [4.69, 9.17) is 27.9 Å². The van der Waals surface area contributed by atoms with Gasteiger partial charge in [0.2, 0.25) is 0 Å². The van der Waals surface area contributed by atoms with Gasteiger partial charge in [0.1, 0.15) is 10.3 Å².